The van der Waals surface area contributed by atoms with Crippen molar-refractivity contribution in [1.29, 1.82) is 0 Å². The van der Waals surface area contributed by atoms with Gasteiger partial charge in [0.15, 0.2) is 5.82 Å². The summed E-state index contributed by atoms with van der Waals surface area (Å²) in [5, 5.41) is 13.6. The van der Waals surface area contributed by atoms with E-state index in [1.807, 2.05) is 67.6 Å². The Bertz CT molecular complexity index is 1170. The number of fused-ring (bicyclic) bond motifs is 1. The molecule has 140 valence electrons. The molecule has 3 aromatic carbocycles. The van der Waals surface area contributed by atoms with E-state index < -0.39 is 0 Å². The maximum Gasteiger partial charge on any atom is 0.323 e. The normalized spacial score (nSPS) is 10.8. The molecule has 0 saturated carbocycles. The number of urea groups is 1. The topological polar surface area (TPSA) is 95.8 Å². The summed E-state index contributed by atoms with van der Waals surface area (Å²) in [6.07, 6.45) is 0. The van der Waals surface area contributed by atoms with Crippen molar-refractivity contribution in [2.75, 3.05) is 16.4 Å². The van der Waals surface area contributed by atoms with Crippen molar-refractivity contribution in [2.24, 2.45) is 0 Å². The molecular formula is C21H18BrN5O. The number of nitrogens with two attached hydrogens (primary N) is 1. The van der Waals surface area contributed by atoms with Crippen molar-refractivity contribution in [3.63, 3.8) is 0 Å². The zero-order chi connectivity index (χ0) is 19.7. The Kier molecular flexibility index (Phi) is 4.75. The molecule has 0 radical (unpaired) electrons. The Hall–Kier alpha value is -3.32. The summed E-state index contributed by atoms with van der Waals surface area (Å²) in [6.45, 7) is 1.98. The van der Waals surface area contributed by atoms with Gasteiger partial charge in [0.25, 0.3) is 0 Å². The highest BCUT2D eigenvalue weighted by Crippen LogP contribution is 2.34. The maximum absolute atomic E-state index is 12.2. The number of nitrogens with one attached hydrogen (secondary N) is 3. The van der Waals surface area contributed by atoms with E-state index in [4.69, 9.17) is 5.73 Å². The summed E-state index contributed by atoms with van der Waals surface area (Å²) in [5.41, 5.74) is 11.4. The van der Waals surface area contributed by atoms with Crippen LogP contribution in [0.3, 0.4) is 0 Å². The zero-order valence-electron chi connectivity index (χ0n) is 15.1. The number of carbonyl (C=O) groups is 1. The van der Waals surface area contributed by atoms with Gasteiger partial charge in [-0.15, -0.1) is 0 Å². The van der Waals surface area contributed by atoms with Crippen molar-refractivity contribution < 1.29 is 4.79 Å². The third-order valence-electron chi connectivity index (χ3n) is 4.39. The average molecular weight is 436 g/mol. The van der Waals surface area contributed by atoms with Crippen LogP contribution in [0.2, 0.25) is 0 Å². The lowest BCUT2D eigenvalue weighted by Gasteiger charge is -2.10. The molecule has 0 bridgehead atoms. The Morgan fingerprint density at radius 3 is 2.54 bits per heavy atom. The molecule has 0 unspecified atom stereocenters. The van der Waals surface area contributed by atoms with Crippen LogP contribution in [0.15, 0.2) is 65.1 Å². The fourth-order valence-corrected chi connectivity index (χ4v) is 3.58. The fourth-order valence-electron chi connectivity index (χ4n) is 3.12. The Labute approximate surface area is 170 Å². The monoisotopic (exact) mass is 435 g/mol. The summed E-state index contributed by atoms with van der Waals surface area (Å²) < 4.78 is 0.929. The molecule has 5 N–H and O–H groups in total. The van der Waals surface area contributed by atoms with Crippen LogP contribution in [0.1, 0.15) is 5.56 Å². The van der Waals surface area contributed by atoms with Gasteiger partial charge in [0.05, 0.1) is 10.9 Å². The summed E-state index contributed by atoms with van der Waals surface area (Å²) in [4.78, 5) is 12.2. The standard InChI is InChI=1S/C21H18BrN5O/c1-12-3-2-4-16(9-12)25-21(28)24-15-7-5-13(6-8-15)17-10-14(22)11-18-19(17)20(23)27-26-18/h2-11H,1H3,(H3,23,26,27)(H2,24,25,28). The number of rotatable bonds is 3. The molecule has 7 heteroatoms. The number of benzene rings is 3. The summed E-state index contributed by atoms with van der Waals surface area (Å²) in [5.74, 6) is 0.456. The lowest BCUT2D eigenvalue weighted by molar-refractivity contribution is 0.262. The largest absolute Gasteiger partial charge is 0.382 e. The molecule has 1 aromatic heterocycles. The van der Waals surface area contributed by atoms with Gasteiger partial charge in [-0.2, -0.15) is 5.10 Å². The highest BCUT2D eigenvalue weighted by molar-refractivity contribution is 9.10. The molecule has 4 rings (SSSR count). The summed E-state index contributed by atoms with van der Waals surface area (Å²) >= 11 is 3.52. The highest BCUT2D eigenvalue weighted by Gasteiger charge is 2.12. The minimum atomic E-state index is -0.290. The van der Waals surface area contributed by atoms with E-state index in [2.05, 4.69) is 36.8 Å². The second kappa shape index (κ2) is 7.36. The molecule has 0 fully saturated rings. The second-order valence-electron chi connectivity index (χ2n) is 6.51. The Morgan fingerprint density at radius 1 is 1.04 bits per heavy atom. The number of aromatic nitrogens is 2. The van der Waals surface area contributed by atoms with Crippen molar-refractivity contribution >= 4 is 50.1 Å². The van der Waals surface area contributed by atoms with Crippen molar-refractivity contribution in [3.05, 3.63) is 70.7 Å². The first kappa shape index (κ1) is 18.1. The number of nitrogen functional groups attached to an aromatic ring is 1. The summed E-state index contributed by atoms with van der Waals surface area (Å²) in [6, 6.07) is 18.9. The van der Waals surface area contributed by atoms with E-state index in [-0.39, 0.29) is 6.03 Å². The van der Waals surface area contributed by atoms with Crippen molar-refractivity contribution in [2.45, 2.75) is 6.92 Å². The quantitative estimate of drug-likeness (QED) is 0.340. The number of hydrogen-bond donors (Lipinski definition) is 4. The Morgan fingerprint density at radius 2 is 1.79 bits per heavy atom. The van der Waals surface area contributed by atoms with Crippen LogP contribution in [0.5, 0.6) is 0 Å². The predicted molar refractivity (Wildman–Crippen MR) is 117 cm³/mol. The maximum atomic E-state index is 12.2. The molecule has 0 atom stereocenters. The van der Waals surface area contributed by atoms with Crippen LogP contribution < -0.4 is 16.4 Å². The smallest absolute Gasteiger partial charge is 0.323 e. The van der Waals surface area contributed by atoms with Gasteiger partial charge in [0.1, 0.15) is 0 Å². The van der Waals surface area contributed by atoms with E-state index in [1.165, 1.54) is 0 Å². The number of aromatic amines is 1. The van der Waals surface area contributed by atoms with Crippen LogP contribution in [0, 0.1) is 6.92 Å². The molecular weight excluding hydrogens is 418 g/mol. The van der Waals surface area contributed by atoms with Crippen LogP contribution in [-0.4, -0.2) is 16.2 Å². The number of aryl methyl sites for hydroxylation is 1. The van der Waals surface area contributed by atoms with Crippen LogP contribution in [-0.2, 0) is 0 Å². The van der Waals surface area contributed by atoms with E-state index >= 15 is 0 Å². The molecule has 6 nitrogen and oxygen atoms in total. The third kappa shape index (κ3) is 3.70. The lowest BCUT2D eigenvalue weighted by Crippen LogP contribution is -2.19. The molecule has 0 aliphatic heterocycles. The fraction of sp³-hybridized carbons (Fsp3) is 0.0476. The van der Waals surface area contributed by atoms with E-state index in [0.717, 1.165) is 37.8 Å². The van der Waals surface area contributed by atoms with Gasteiger partial charge in [-0.3, -0.25) is 5.10 Å². The number of hydrogen-bond acceptors (Lipinski definition) is 3. The van der Waals surface area contributed by atoms with Gasteiger partial charge >= 0.3 is 6.03 Å². The number of nitrogens with zero attached hydrogens (tertiary/aromatic N) is 1. The lowest BCUT2D eigenvalue weighted by atomic mass is 10.0. The third-order valence-corrected chi connectivity index (χ3v) is 4.84. The van der Waals surface area contributed by atoms with Gasteiger partial charge < -0.3 is 16.4 Å². The van der Waals surface area contributed by atoms with Crippen LogP contribution in [0.4, 0.5) is 22.0 Å². The van der Waals surface area contributed by atoms with Gasteiger partial charge in [-0.05, 0) is 60.0 Å². The van der Waals surface area contributed by atoms with Crippen molar-refractivity contribution in [1.82, 2.24) is 10.2 Å². The van der Waals surface area contributed by atoms with E-state index in [1.54, 1.807) is 0 Å². The minimum absolute atomic E-state index is 0.290. The molecule has 1 heterocycles. The van der Waals surface area contributed by atoms with Crippen LogP contribution in [0.25, 0.3) is 22.0 Å². The second-order valence-corrected chi connectivity index (χ2v) is 7.43. The van der Waals surface area contributed by atoms with E-state index in [0.29, 0.717) is 11.5 Å². The molecule has 0 spiro atoms. The Balaban J connectivity index is 1.55. The van der Waals surface area contributed by atoms with E-state index in [9.17, 15) is 4.79 Å². The van der Waals surface area contributed by atoms with Gasteiger partial charge in [-0.25, -0.2) is 4.79 Å². The highest BCUT2D eigenvalue weighted by atomic mass is 79.9. The number of H-pyrrole nitrogens is 1. The first-order valence-corrected chi connectivity index (χ1v) is 9.47. The van der Waals surface area contributed by atoms with Crippen LogP contribution >= 0.6 is 15.9 Å². The number of carbonyl (C=O) groups excluding carboxylic acids is 1. The molecule has 0 aliphatic carbocycles. The zero-order valence-corrected chi connectivity index (χ0v) is 16.7. The number of halogens is 1. The minimum Gasteiger partial charge on any atom is -0.382 e. The number of amides is 2. The summed E-state index contributed by atoms with van der Waals surface area (Å²) in [7, 11) is 0. The molecule has 4 aromatic rings. The SMILES string of the molecule is Cc1cccc(NC(=O)Nc2ccc(-c3cc(Br)cc4[nH]nc(N)c34)cc2)c1. The molecule has 0 aliphatic rings. The average Bonchev–Trinajstić information content (AvgIpc) is 3.02. The van der Waals surface area contributed by atoms with Gasteiger partial charge in [0, 0.05) is 15.8 Å². The van der Waals surface area contributed by atoms with Gasteiger partial charge in [0.2, 0.25) is 0 Å². The van der Waals surface area contributed by atoms with Crippen molar-refractivity contribution in [3.8, 4) is 11.1 Å². The number of anilines is 3. The first-order valence-electron chi connectivity index (χ1n) is 8.68. The molecule has 28 heavy (non-hydrogen) atoms. The first-order chi connectivity index (χ1) is 13.5. The predicted octanol–water partition coefficient (Wildman–Crippen LogP) is 5.53. The van der Waals surface area contributed by atoms with Gasteiger partial charge in [-0.1, -0.05) is 40.2 Å². The molecule has 2 amide bonds. The molecule has 0 saturated heterocycles.